The Hall–Kier alpha value is -1.65. The molecule has 0 radical (unpaired) electrons. The number of nitrogens with zero attached hydrogens (tertiary/aromatic N) is 4. The van der Waals surface area contributed by atoms with Crippen molar-refractivity contribution >= 4 is 15.8 Å². The Kier molecular flexibility index (Phi) is 4.26. The van der Waals surface area contributed by atoms with E-state index in [1.165, 1.54) is 10.6 Å². The molecule has 1 aromatic rings. The average Bonchev–Trinajstić information content (AvgIpc) is 2.45. The summed E-state index contributed by atoms with van der Waals surface area (Å²) in [5.74, 6) is 0.640. The topological polar surface area (TPSA) is 77.3 Å². The van der Waals surface area contributed by atoms with Crippen molar-refractivity contribution < 1.29 is 8.42 Å². The molecule has 0 bridgehead atoms. The molecular weight excluding hydrogens is 276 g/mol. The van der Waals surface area contributed by atoms with Crippen molar-refractivity contribution in [1.29, 1.82) is 5.26 Å². The summed E-state index contributed by atoms with van der Waals surface area (Å²) in [6.07, 6.45) is 4.58. The Balaban J connectivity index is 2.21. The third-order valence-electron chi connectivity index (χ3n) is 3.64. The molecule has 0 aromatic carbocycles. The van der Waals surface area contributed by atoms with Gasteiger partial charge in [-0.05, 0) is 25.0 Å². The molecule has 2 rings (SSSR count). The number of hydrogen-bond acceptors (Lipinski definition) is 5. The highest BCUT2D eigenvalue weighted by Crippen LogP contribution is 2.23. The third kappa shape index (κ3) is 3.08. The lowest BCUT2D eigenvalue weighted by molar-refractivity contribution is 0.321. The van der Waals surface area contributed by atoms with E-state index in [2.05, 4.69) is 11.1 Å². The van der Waals surface area contributed by atoms with Gasteiger partial charge in [-0.25, -0.2) is 17.7 Å². The highest BCUT2D eigenvalue weighted by atomic mass is 32.2. The monoisotopic (exact) mass is 294 g/mol. The lowest BCUT2D eigenvalue weighted by atomic mass is 10.1. The first-order valence-corrected chi connectivity index (χ1v) is 8.31. The number of piperidine rings is 1. The predicted molar refractivity (Wildman–Crippen MR) is 76.8 cm³/mol. The molecule has 0 spiro atoms. The number of pyridine rings is 1. The lowest BCUT2D eigenvalue weighted by Crippen LogP contribution is -2.48. The van der Waals surface area contributed by atoms with Gasteiger partial charge in [-0.3, -0.25) is 0 Å². The fourth-order valence-corrected chi connectivity index (χ4v) is 3.16. The van der Waals surface area contributed by atoms with Gasteiger partial charge in [0.05, 0.1) is 11.8 Å². The van der Waals surface area contributed by atoms with E-state index >= 15 is 0 Å². The van der Waals surface area contributed by atoms with Crippen LogP contribution in [0.1, 0.15) is 18.4 Å². The van der Waals surface area contributed by atoms with Gasteiger partial charge in [0.2, 0.25) is 10.0 Å². The van der Waals surface area contributed by atoms with Crippen LogP contribution in [0.25, 0.3) is 0 Å². The molecule has 1 aromatic heterocycles. The molecule has 6 nitrogen and oxygen atoms in total. The fourth-order valence-electron chi connectivity index (χ4n) is 2.45. The van der Waals surface area contributed by atoms with Gasteiger partial charge in [-0.2, -0.15) is 5.26 Å². The van der Waals surface area contributed by atoms with Gasteiger partial charge in [-0.1, -0.05) is 0 Å². The number of anilines is 1. The summed E-state index contributed by atoms with van der Waals surface area (Å²) in [6, 6.07) is 5.51. The molecule has 20 heavy (non-hydrogen) atoms. The second-order valence-corrected chi connectivity index (χ2v) is 7.05. The quantitative estimate of drug-likeness (QED) is 0.824. The lowest BCUT2D eigenvalue weighted by Gasteiger charge is -2.37. The van der Waals surface area contributed by atoms with Crippen LogP contribution in [0.5, 0.6) is 0 Å². The SMILES string of the molecule is CN(C1CCCN(c2ncccc2C#N)C1)S(C)(=O)=O. The van der Waals surface area contributed by atoms with Gasteiger partial charge in [0.1, 0.15) is 11.9 Å². The molecule has 108 valence electrons. The zero-order valence-electron chi connectivity index (χ0n) is 11.7. The van der Waals surface area contributed by atoms with Crippen LogP contribution in [0.2, 0.25) is 0 Å². The van der Waals surface area contributed by atoms with Crippen LogP contribution in [0.3, 0.4) is 0 Å². The molecule has 0 aliphatic carbocycles. The number of hydrogen-bond donors (Lipinski definition) is 0. The van der Waals surface area contributed by atoms with Crippen molar-refractivity contribution in [2.75, 3.05) is 31.3 Å². The maximum absolute atomic E-state index is 11.6. The smallest absolute Gasteiger partial charge is 0.211 e. The molecule has 1 aliphatic heterocycles. The summed E-state index contributed by atoms with van der Waals surface area (Å²) in [6.45, 7) is 1.36. The van der Waals surface area contributed by atoms with E-state index in [1.807, 2.05) is 4.90 Å². The molecule has 7 heteroatoms. The molecule has 2 heterocycles. The molecular formula is C13H18N4O2S. The van der Waals surface area contributed by atoms with Gasteiger partial charge >= 0.3 is 0 Å². The molecule has 1 atom stereocenters. The van der Waals surface area contributed by atoms with Crippen molar-refractivity contribution in [3.63, 3.8) is 0 Å². The number of nitriles is 1. The first kappa shape index (κ1) is 14.8. The Morgan fingerprint density at radius 1 is 1.55 bits per heavy atom. The van der Waals surface area contributed by atoms with Crippen LogP contribution in [0.15, 0.2) is 18.3 Å². The summed E-state index contributed by atoms with van der Waals surface area (Å²) < 4.78 is 24.7. The van der Waals surface area contributed by atoms with Crippen LogP contribution < -0.4 is 4.90 Å². The summed E-state index contributed by atoms with van der Waals surface area (Å²) in [7, 11) is -1.60. The first-order valence-electron chi connectivity index (χ1n) is 6.46. The first-order chi connectivity index (χ1) is 9.43. The molecule has 0 amide bonds. The minimum atomic E-state index is -3.20. The second kappa shape index (κ2) is 5.77. The number of likely N-dealkylation sites (N-methyl/N-ethyl adjacent to an activating group) is 1. The Bertz CT molecular complexity index is 624. The number of sulfonamides is 1. The molecule has 1 fully saturated rings. The molecule has 1 unspecified atom stereocenters. The van der Waals surface area contributed by atoms with Crippen LogP contribution in [0, 0.1) is 11.3 Å². The van der Waals surface area contributed by atoms with Gasteiger partial charge in [0.25, 0.3) is 0 Å². The normalized spacial score (nSPS) is 19.9. The minimum absolute atomic E-state index is 0.0766. The standard InChI is InChI=1S/C13H18N4O2S/c1-16(20(2,18)19)12-6-4-8-17(10-12)13-11(9-14)5-3-7-15-13/h3,5,7,12H,4,6,8,10H2,1-2H3. The van der Waals surface area contributed by atoms with Crippen molar-refractivity contribution in [1.82, 2.24) is 9.29 Å². The maximum Gasteiger partial charge on any atom is 0.211 e. The van der Waals surface area contributed by atoms with E-state index in [9.17, 15) is 8.42 Å². The highest BCUT2D eigenvalue weighted by molar-refractivity contribution is 7.88. The summed E-state index contributed by atoms with van der Waals surface area (Å²) >= 11 is 0. The average molecular weight is 294 g/mol. The van der Waals surface area contributed by atoms with E-state index in [0.29, 0.717) is 17.9 Å². The van der Waals surface area contributed by atoms with E-state index < -0.39 is 10.0 Å². The fraction of sp³-hybridized carbons (Fsp3) is 0.538. The minimum Gasteiger partial charge on any atom is -0.354 e. The maximum atomic E-state index is 11.6. The molecule has 0 saturated carbocycles. The Labute approximate surface area is 119 Å². The van der Waals surface area contributed by atoms with E-state index in [1.54, 1.807) is 25.4 Å². The molecule has 1 saturated heterocycles. The predicted octanol–water partition coefficient (Wildman–Crippen LogP) is 0.813. The zero-order valence-corrected chi connectivity index (χ0v) is 12.5. The van der Waals surface area contributed by atoms with Crippen molar-refractivity contribution in [2.45, 2.75) is 18.9 Å². The summed E-state index contributed by atoms with van der Waals surface area (Å²) in [5.41, 5.74) is 0.523. The largest absolute Gasteiger partial charge is 0.354 e. The number of rotatable bonds is 3. The Morgan fingerprint density at radius 2 is 2.30 bits per heavy atom. The van der Waals surface area contributed by atoms with Crippen molar-refractivity contribution in [3.05, 3.63) is 23.9 Å². The van der Waals surface area contributed by atoms with E-state index in [0.717, 1.165) is 19.4 Å². The van der Waals surface area contributed by atoms with Crippen molar-refractivity contribution in [3.8, 4) is 6.07 Å². The third-order valence-corrected chi connectivity index (χ3v) is 4.98. The molecule has 1 aliphatic rings. The van der Waals surface area contributed by atoms with Crippen LogP contribution in [-0.2, 0) is 10.0 Å². The van der Waals surface area contributed by atoms with Crippen LogP contribution >= 0.6 is 0 Å². The van der Waals surface area contributed by atoms with Crippen molar-refractivity contribution in [2.24, 2.45) is 0 Å². The van der Waals surface area contributed by atoms with Gasteiger partial charge in [0.15, 0.2) is 0 Å². The summed E-state index contributed by atoms with van der Waals surface area (Å²) in [5, 5.41) is 9.13. The number of aromatic nitrogens is 1. The zero-order chi connectivity index (χ0) is 14.8. The summed E-state index contributed by atoms with van der Waals surface area (Å²) in [4.78, 5) is 6.26. The van der Waals surface area contributed by atoms with E-state index in [4.69, 9.17) is 5.26 Å². The molecule has 0 N–H and O–H groups in total. The highest BCUT2D eigenvalue weighted by Gasteiger charge is 2.29. The van der Waals surface area contributed by atoms with Gasteiger partial charge < -0.3 is 4.90 Å². The van der Waals surface area contributed by atoms with Gasteiger partial charge in [-0.15, -0.1) is 0 Å². The second-order valence-electron chi connectivity index (χ2n) is 5.01. The van der Waals surface area contributed by atoms with Crippen LogP contribution in [0.4, 0.5) is 5.82 Å². The van der Waals surface area contributed by atoms with E-state index in [-0.39, 0.29) is 6.04 Å². The Morgan fingerprint density at radius 3 is 2.95 bits per heavy atom. The van der Waals surface area contributed by atoms with Gasteiger partial charge in [0, 0.05) is 32.4 Å². The van der Waals surface area contributed by atoms with Crippen LogP contribution in [-0.4, -0.2) is 50.1 Å².